The van der Waals surface area contributed by atoms with Crippen LogP contribution in [0.2, 0.25) is 0 Å². The van der Waals surface area contributed by atoms with E-state index in [2.05, 4.69) is 61.8 Å². The van der Waals surface area contributed by atoms with Crippen LogP contribution >= 0.6 is 0 Å². The van der Waals surface area contributed by atoms with Crippen molar-refractivity contribution < 1.29 is 43.2 Å². The van der Waals surface area contributed by atoms with Crippen molar-refractivity contribution in [3.05, 3.63) is 118 Å². The molecule has 5 rings (SSSR count). The van der Waals surface area contributed by atoms with Crippen LogP contribution in [0.15, 0.2) is 94.7 Å². The largest absolute Gasteiger partial charge is 0.501 e. The van der Waals surface area contributed by atoms with Gasteiger partial charge in [0.1, 0.15) is 0 Å². The van der Waals surface area contributed by atoms with Crippen LogP contribution in [0, 0.1) is 23.7 Å². The Labute approximate surface area is 357 Å². The van der Waals surface area contributed by atoms with Crippen LogP contribution in [0.3, 0.4) is 0 Å². The minimum atomic E-state index is -5.48. The molecule has 0 fully saturated rings. The number of benzene rings is 4. The lowest BCUT2D eigenvalue weighted by Gasteiger charge is -2.33. The second-order valence-electron chi connectivity index (χ2n) is 15.8. The molecule has 4 aromatic carbocycles. The van der Waals surface area contributed by atoms with Gasteiger partial charge in [-0.2, -0.15) is 26.3 Å². The van der Waals surface area contributed by atoms with Gasteiger partial charge in [-0.25, -0.2) is 16.8 Å². The number of halogens is 6. The van der Waals surface area contributed by atoms with Crippen molar-refractivity contribution >= 4 is 19.7 Å². The molecule has 0 atom stereocenters. The maximum absolute atomic E-state index is 13.1. The second kappa shape index (κ2) is 20.6. The molecule has 0 aromatic heterocycles. The number of unbranched alkanes of at least 4 members (excludes halogenated alkanes) is 12. The van der Waals surface area contributed by atoms with Gasteiger partial charge in [0, 0.05) is 27.7 Å². The van der Waals surface area contributed by atoms with Crippen molar-refractivity contribution in [2.24, 2.45) is 0 Å². The lowest BCUT2D eigenvalue weighted by molar-refractivity contribution is -0.0442. The molecule has 12 heteroatoms. The first-order valence-electron chi connectivity index (χ1n) is 21.1. The lowest BCUT2D eigenvalue weighted by atomic mass is 9.70. The molecule has 1 aliphatic carbocycles. The van der Waals surface area contributed by atoms with E-state index in [0.29, 0.717) is 22.3 Å². The molecule has 0 saturated carbocycles. The third kappa shape index (κ3) is 11.5. The molecule has 0 spiro atoms. The molecule has 0 bridgehead atoms. The van der Waals surface area contributed by atoms with Crippen LogP contribution in [0.5, 0.6) is 0 Å². The fourth-order valence-corrected chi connectivity index (χ4v) is 9.60. The molecule has 4 nitrogen and oxygen atoms in total. The highest BCUT2D eigenvalue weighted by Gasteiger charge is 2.48. The summed E-state index contributed by atoms with van der Waals surface area (Å²) in [5, 5.41) is 0. The fraction of sp³-hybridized carbons (Fsp3) is 0.429. The van der Waals surface area contributed by atoms with E-state index < -0.39 is 40.5 Å². The van der Waals surface area contributed by atoms with Gasteiger partial charge >= 0.3 is 11.0 Å². The first kappa shape index (κ1) is 47.5. The van der Waals surface area contributed by atoms with Gasteiger partial charge in [0.15, 0.2) is 0 Å². The van der Waals surface area contributed by atoms with E-state index in [-0.39, 0.29) is 5.41 Å². The molecule has 0 saturated heterocycles. The molecule has 326 valence electrons. The van der Waals surface area contributed by atoms with Crippen molar-refractivity contribution in [3.8, 4) is 34.8 Å². The second-order valence-corrected chi connectivity index (χ2v) is 19.7. The third-order valence-electron chi connectivity index (χ3n) is 11.4. The van der Waals surface area contributed by atoms with E-state index in [9.17, 15) is 43.2 Å². The Morgan fingerprint density at radius 1 is 0.426 bits per heavy atom. The van der Waals surface area contributed by atoms with Crippen LogP contribution in [0.1, 0.15) is 150 Å². The van der Waals surface area contributed by atoms with Crippen LogP contribution in [-0.2, 0) is 25.1 Å². The van der Waals surface area contributed by atoms with E-state index in [0.717, 1.165) is 97.9 Å². The number of hydrogen-bond acceptors (Lipinski definition) is 4. The molecular weight excluding hydrogens is 831 g/mol. The Hall–Kier alpha value is -4.52. The summed E-state index contributed by atoms with van der Waals surface area (Å²) >= 11 is 0. The van der Waals surface area contributed by atoms with Crippen molar-refractivity contribution in [1.82, 2.24) is 0 Å². The monoisotopic (exact) mass is 882 g/mol. The third-order valence-corrected chi connectivity index (χ3v) is 14.4. The molecule has 4 aromatic rings. The number of fused-ring (bicyclic) bond motifs is 3. The van der Waals surface area contributed by atoms with E-state index in [1.807, 2.05) is 12.1 Å². The number of sulfone groups is 2. The van der Waals surface area contributed by atoms with Gasteiger partial charge in [-0.05, 0) is 108 Å². The zero-order chi connectivity index (χ0) is 44.3. The topological polar surface area (TPSA) is 68.3 Å². The van der Waals surface area contributed by atoms with E-state index in [4.69, 9.17) is 0 Å². The fourth-order valence-electron chi connectivity index (χ4n) is 8.07. The summed E-state index contributed by atoms with van der Waals surface area (Å²) in [5.74, 6) is 12.3. The first-order valence-corrected chi connectivity index (χ1v) is 24.1. The highest BCUT2D eigenvalue weighted by Crippen LogP contribution is 2.54. The average molecular weight is 883 g/mol. The van der Waals surface area contributed by atoms with E-state index in [1.165, 1.54) is 75.6 Å². The number of hydrogen-bond donors (Lipinski definition) is 0. The van der Waals surface area contributed by atoms with Gasteiger partial charge in [-0.1, -0.05) is 140 Å². The molecule has 0 aliphatic heterocycles. The highest BCUT2D eigenvalue weighted by atomic mass is 32.2. The molecule has 0 unspecified atom stereocenters. The molecular formula is C49H52F6O4S2. The quantitative estimate of drug-likeness (QED) is 0.0567. The van der Waals surface area contributed by atoms with Crippen LogP contribution < -0.4 is 0 Å². The van der Waals surface area contributed by atoms with Crippen molar-refractivity contribution in [2.75, 3.05) is 0 Å². The standard InChI is InChI=1S/C49H52F6O4S2/c1-3-5-7-9-11-13-15-33-47(34-16-14-12-10-8-6-4-2)45-35-39(19-17-37-21-27-41(28-22-37)60(56,57)48(50,51)52)25-31-43(45)44-32-26-40(36-46(44)47)20-18-38-23-29-42(30-24-38)61(58,59)49(53,54)55/h21-32,35-36H,3-16,33-34H2,1-2H3. The average Bonchev–Trinajstić information content (AvgIpc) is 3.48. The Bertz CT molecular complexity index is 2290. The van der Waals surface area contributed by atoms with Crippen molar-refractivity contribution in [3.63, 3.8) is 0 Å². The molecule has 61 heavy (non-hydrogen) atoms. The van der Waals surface area contributed by atoms with Gasteiger partial charge in [0.25, 0.3) is 19.7 Å². The van der Waals surface area contributed by atoms with Crippen molar-refractivity contribution in [1.29, 1.82) is 0 Å². The Morgan fingerprint density at radius 3 is 1.05 bits per heavy atom. The van der Waals surface area contributed by atoms with Crippen LogP contribution in [-0.4, -0.2) is 27.9 Å². The zero-order valence-corrected chi connectivity index (χ0v) is 36.2. The number of rotatable bonds is 18. The summed E-state index contributed by atoms with van der Waals surface area (Å²) in [5.41, 5.74) is -4.62. The number of alkyl halides is 6. The van der Waals surface area contributed by atoms with Gasteiger partial charge in [-0.15, -0.1) is 0 Å². The van der Waals surface area contributed by atoms with Gasteiger partial charge < -0.3 is 0 Å². The molecule has 0 heterocycles. The summed E-state index contributed by atoms with van der Waals surface area (Å²) in [6.07, 6.45) is 17.7. The normalized spacial score (nSPS) is 13.4. The molecule has 0 N–H and O–H groups in total. The Kier molecular flexibility index (Phi) is 16.0. The van der Waals surface area contributed by atoms with E-state index in [1.54, 1.807) is 0 Å². The molecule has 1 aliphatic rings. The predicted molar refractivity (Wildman–Crippen MR) is 229 cm³/mol. The van der Waals surface area contributed by atoms with Gasteiger partial charge in [-0.3, -0.25) is 0 Å². The smallest absolute Gasteiger partial charge is 0.214 e. The summed E-state index contributed by atoms with van der Waals surface area (Å²) in [4.78, 5) is -1.69. The lowest BCUT2D eigenvalue weighted by Crippen LogP contribution is -2.26. The van der Waals surface area contributed by atoms with Crippen LogP contribution in [0.25, 0.3) is 11.1 Å². The summed E-state index contributed by atoms with van der Waals surface area (Å²) < 4.78 is 126. The Balaban J connectivity index is 1.52. The minimum Gasteiger partial charge on any atom is -0.214 e. The minimum absolute atomic E-state index is 0.363. The van der Waals surface area contributed by atoms with Gasteiger partial charge in [0.2, 0.25) is 0 Å². The highest BCUT2D eigenvalue weighted by molar-refractivity contribution is 7.92. The molecule has 0 amide bonds. The SMILES string of the molecule is CCCCCCCCCC1(CCCCCCCCC)c2cc(C#Cc3ccc(S(=O)(=O)C(F)(F)F)cc3)ccc2-c2ccc(C#Cc3ccc(S(=O)(=O)C(F)(F)F)cc3)cc21. The van der Waals surface area contributed by atoms with Crippen molar-refractivity contribution in [2.45, 2.75) is 143 Å². The van der Waals surface area contributed by atoms with Crippen LogP contribution in [0.4, 0.5) is 26.3 Å². The molecule has 0 radical (unpaired) electrons. The summed E-state index contributed by atoms with van der Waals surface area (Å²) in [6.45, 7) is 4.39. The summed E-state index contributed by atoms with van der Waals surface area (Å²) in [6, 6.07) is 20.8. The first-order chi connectivity index (χ1) is 28.9. The Morgan fingerprint density at radius 2 is 0.721 bits per heavy atom. The maximum Gasteiger partial charge on any atom is 0.501 e. The van der Waals surface area contributed by atoms with E-state index >= 15 is 0 Å². The van der Waals surface area contributed by atoms with Gasteiger partial charge in [0.05, 0.1) is 9.79 Å². The predicted octanol–water partition coefficient (Wildman–Crippen LogP) is 13.6. The summed E-state index contributed by atoms with van der Waals surface area (Å²) in [7, 11) is -11.0. The zero-order valence-electron chi connectivity index (χ0n) is 34.6. The maximum atomic E-state index is 13.1.